The number of nitrogens with zero attached hydrogens (tertiary/aromatic N) is 1. The Morgan fingerprint density at radius 1 is 1.14 bits per heavy atom. The summed E-state index contributed by atoms with van der Waals surface area (Å²) in [4.78, 5) is 27.4. The lowest BCUT2D eigenvalue weighted by Gasteiger charge is -2.15. The molecular weight excluding hydrogens is 466 g/mol. The molecule has 5 rings (SSSR count). The molecule has 0 spiro atoms. The van der Waals surface area contributed by atoms with Gasteiger partial charge in [0.05, 0.1) is 18.3 Å². The van der Waals surface area contributed by atoms with Crippen molar-refractivity contribution in [2.75, 3.05) is 25.1 Å². The number of fused-ring (bicyclic) bond motifs is 1. The standard InChI is InChI=1S/C26H29N3O5S/c1-2-32-17-11-9-16(10-12-17)21-14-20(29-34-21)24(30)28-26-23(19-7-3-4-8-22(19)35-26)25(31)27-15-18-6-5-13-33-18/h9-12,14,18H,2-8,13,15H2,1H3,(H,27,31)(H,28,30)/t18-/m1/s1. The van der Waals surface area contributed by atoms with E-state index in [1.165, 1.54) is 16.2 Å². The van der Waals surface area contributed by atoms with Crippen molar-refractivity contribution in [3.05, 3.63) is 52.0 Å². The molecule has 2 N–H and O–H groups in total. The Morgan fingerprint density at radius 2 is 1.97 bits per heavy atom. The van der Waals surface area contributed by atoms with Gasteiger partial charge in [0, 0.05) is 29.7 Å². The molecule has 1 fully saturated rings. The highest BCUT2D eigenvalue weighted by Gasteiger charge is 2.28. The van der Waals surface area contributed by atoms with E-state index < -0.39 is 5.91 Å². The molecule has 1 atom stereocenters. The second-order valence-electron chi connectivity index (χ2n) is 8.75. The molecule has 0 bridgehead atoms. The molecule has 1 aliphatic carbocycles. The number of anilines is 1. The van der Waals surface area contributed by atoms with Crippen LogP contribution in [0.3, 0.4) is 0 Å². The number of carbonyl (C=O) groups excluding carboxylic acids is 2. The fourth-order valence-corrected chi connectivity index (χ4v) is 5.84. The zero-order chi connectivity index (χ0) is 24.2. The second kappa shape index (κ2) is 10.6. The maximum atomic E-state index is 13.2. The van der Waals surface area contributed by atoms with Gasteiger partial charge in [-0.3, -0.25) is 9.59 Å². The van der Waals surface area contributed by atoms with Crippen LogP contribution in [0.25, 0.3) is 11.3 Å². The third kappa shape index (κ3) is 5.26. The topological polar surface area (TPSA) is 103 Å². The molecule has 1 aliphatic heterocycles. The fraction of sp³-hybridized carbons (Fsp3) is 0.423. The molecule has 0 unspecified atom stereocenters. The van der Waals surface area contributed by atoms with Crippen molar-refractivity contribution in [1.29, 1.82) is 0 Å². The van der Waals surface area contributed by atoms with Gasteiger partial charge < -0.3 is 24.6 Å². The van der Waals surface area contributed by atoms with Crippen LogP contribution >= 0.6 is 11.3 Å². The van der Waals surface area contributed by atoms with Crippen LogP contribution < -0.4 is 15.4 Å². The van der Waals surface area contributed by atoms with E-state index in [-0.39, 0.29) is 17.7 Å². The lowest BCUT2D eigenvalue weighted by molar-refractivity contribution is 0.0858. The molecule has 0 saturated carbocycles. The second-order valence-corrected chi connectivity index (χ2v) is 9.85. The van der Waals surface area contributed by atoms with Gasteiger partial charge in [-0.05, 0) is 75.3 Å². The third-order valence-electron chi connectivity index (χ3n) is 6.33. The largest absolute Gasteiger partial charge is 0.494 e. The molecule has 8 nitrogen and oxygen atoms in total. The van der Waals surface area contributed by atoms with Gasteiger partial charge >= 0.3 is 0 Å². The summed E-state index contributed by atoms with van der Waals surface area (Å²) in [5.74, 6) is 0.682. The Morgan fingerprint density at radius 3 is 2.74 bits per heavy atom. The SMILES string of the molecule is CCOc1ccc(-c2cc(C(=O)Nc3sc4c(c3C(=O)NC[C@H]3CCCO3)CCCC4)no2)cc1. The zero-order valence-corrected chi connectivity index (χ0v) is 20.5. The van der Waals surface area contributed by atoms with Crippen molar-refractivity contribution in [3.63, 3.8) is 0 Å². The van der Waals surface area contributed by atoms with E-state index in [0.29, 0.717) is 29.5 Å². The van der Waals surface area contributed by atoms with Gasteiger partial charge in [-0.15, -0.1) is 11.3 Å². The van der Waals surface area contributed by atoms with Crippen molar-refractivity contribution in [3.8, 4) is 17.1 Å². The van der Waals surface area contributed by atoms with Gasteiger partial charge in [0.1, 0.15) is 10.8 Å². The van der Waals surface area contributed by atoms with Gasteiger partial charge in [-0.25, -0.2) is 0 Å². The van der Waals surface area contributed by atoms with Crippen molar-refractivity contribution in [2.45, 2.75) is 51.6 Å². The number of amides is 2. The monoisotopic (exact) mass is 495 g/mol. The van der Waals surface area contributed by atoms with E-state index in [2.05, 4.69) is 15.8 Å². The molecule has 184 valence electrons. The summed E-state index contributed by atoms with van der Waals surface area (Å²) in [6.45, 7) is 3.74. The van der Waals surface area contributed by atoms with Gasteiger partial charge in [0.25, 0.3) is 11.8 Å². The predicted octanol–water partition coefficient (Wildman–Crippen LogP) is 4.84. The van der Waals surface area contributed by atoms with Crippen LogP contribution in [-0.2, 0) is 17.6 Å². The highest BCUT2D eigenvalue weighted by molar-refractivity contribution is 7.17. The number of thiophene rings is 1. The van der Waals surface area contributed by atoms with Crippen molar-refractivity contribution in [2.24, 2.45) is 0 Å². The molecule has 2 aromatic heterocycles. The Kier molecular flexibility index (Phi) is 7.15. The van der Waals surface area contributed by atoms with E-state index >= 15 is 0 Å². The maximum Gasteiger partial charge on any atom is 0.278 e. The number of hydrogen-bond acceptors (Lipinski definition) is 7. The number of aryl methyl sites for hydroxylation is 1. The molecule has 2 amide bonds. The van der Waals surface area contributed by atoms with Gasteiger partial charge in [0.15, 0.2) is 11.5 Å². The lowest BCUT2D eigenvalue weighted by atomic mass is 9.95. The molecule has 0 radical (unpaired) electrons. The number of rotatable bonds is 8. The maximum absolute atomic E-state index is 13.2. The molecule has 2 aliphatic rings. The molecule has 1 aromatic carbocycles. The van der Waals surface area contributed by atoms with E-state index in [0.717, 1.165) is 62.0 Å². The Bertz CT molecular complexity index is 1190. The number of aromatic nitrogens is 1. The third-order valence-corrected chi connectivity index (χ3v) is 7.54. The van der Waals surface area contributed by atoms with Crippen LogP contribution in [0.2, 0.25) is 0 Å². The van der Waals surface area contributed by atoms with Gasteiger partial charge in [0.2, 0.25) is 0 Å². The fourth-order valence-electron chi connectivity index (χ4n) is 4.56. The Balaban J connectivity index is 1.32. The average molecular weight is 496 g/mol. The first-order valence-electron chi connectivity index (χ1n) is 12.2. The summed E-state index contributed by atoms with van der Waals surface area (Å²) in [5, 5.41) is 10.5. The van der Waals surface area contributed by atoms with Crippen molar-refractivity contribution < 1.29 is 23.6 Å². The lowest BCUT2D eigenvalue weighted by Crippen LogP contribution is -2.32. The average Bonchev–Trinajstić information content (AvgIpc) is 3.63. The van der Waals surface area contributed by atoms with Crippen LogP contribution in [0.5, 0.6) is 5.75 Å². The van der Waals surface area contributed by atoms with Crippen LogP contribution in [0.15, 0.2) is 34.9 Å². The number of carbonyl (C=O) groups is 2. The number of nitrogens with one attached hydrogen (secondary N) is 2. The minimum Gasteiger partial charge on any atom is -0.494 e. The Labute approximate surface area is 208 Å². The summed E-state index contributed by atoms with van der Waals surface area (Å²) in [6.07, 6.45) is 5.93. The van der Waals surface area contributed by atoms with E-state index in [4.69, 9.17) is 14.0 Å². The molecule has 3 heterocycles. The number of hydrogen-bond donors (Lipinski definition) is 2. The van der Waals surface area contributed by atoms with E-state index in [1.807, 2.05) is 31.2 Å². The van der Waals surface area contributed by atoms with Crippen molar-refractivity contribution >= 4 is 28.2 Å². The molecule has 35 heavy (non-hydrogen) atoms. The summed E-state index contributed by atoms with van der Waals surface area (Å²) in [7, 11) is 0. The van der Waals surface area contributed by atoms with Crippen LogP contribution in [0.4, 0.5) is 5.00 Å². The first kappa shape index (κ1) is 23.6. The predicted molar refractivity (Wildman–Crippen MR) is 133 cm³/mol. The summed E-state index contributed by atoms with van der Waals surface area (Å²) < 4.78 is 16.5. The minimum absolute atomic E-state index is 0.0580. The van der Waals surface area contributed by atoms with E-state index in [9.17, 15) is 9.59 Å². The highest BCUT2D eigenvalue weighted by atomic mass is 32.1. The first-order chi connectivity index (χ1) is 17.1. The molecule has 1 saturated heterocycles. The van der Waals surface area contributed by atoms with Crippen LogP contribution in [0, 0.1) is 0 Å². The molecular formula is C26H29N3O5S. The summed E-state index contributed by atoms with van der Waals surface area (Å²) in [6, 6.07) is 9.02. The minimum atomic E-state index is -0.405. The molecule has 3 aromatic rings. The summed E-state index contributed by atoms with van der Waals surface area (Å²) >= 11 is 1.48. The number of benzene rings is 1. The first-order valence-corrected chi connectivity index (χ1v) is 13.0. The van der Waals surface area contributed by atoms with Gasteiger partial charge in [-0.1, -0.05) is 5.16 Å². The summed E-state index contributed by atoms with van der Waals surface area (Å²) in [5.41, 5.74) is 2.58. The van der Waals surface area contributed by atoms with Gasteiger partial charge in [-0.2, -0.15) is 0 Å². The zero-order valence-electron chi connectivity index (χ0n) is 19.7. The van der Waals surface area contributed by atoms with E-state index in [1.54, 1.807) is 6.07 Å². The quantitative estimate of drug-likeness (QED) is 0.464. The van der Waals surface area contributed by atoms with Crippen molar-refractivity contribution in [1.82, 2.24) is 10.5 Å². The molecule has 9 heteroatoms. The normalized spacial score (nSPS) is 17.1. The van der Waals surface area contributed by atoms with Crippen LogP contribution in [-0.4, -0.2) is 42.8 Å². The smallest absolute Gasteiger partial charge is 0.278 e. The van der Waals surface area contributed by atoms with Crippen LogP contribution in [0.1, 0.15) is 63.9 Å². The highest BCUT2D eigenvalue weighted by Crippen LogP contribution is 2.38. The number of ether oxygens (including phenoxy) is 2. The Hall–Kier alpha value is -3.17.